The minimum atomic E-state index is -0.615. The molecule has 2 bridgehead atoms. The fraction of sp³-hybridized carbons (Fsp3) is 0.933. The summed E-state index contributed by atoms with van der Waals surface area (Å²) >= 11 is 0. The molecule has 3 heteroatoms. The van der Waals surface area contributed by atoms with Crippen LogP contribution in [0.25, 0.3) is 0 Å². The number of carbonyl (C=O) groups is 1. The van der Waals surface area contributed by atoms with Crippen molar-refractivity contribution in [3.63, 3.8) is 0 Å². The van der Waals surface area contributed by atoms with Gasteiger partial charge < -0.3 is 10.2 Å². The van der Waals surface area contributed by atoms with Gasteiger partial charge in [0.25, 0.3) is 0 Å². The number of rotatable bonds is 1. The lowest BCUT2D eigenvalue weighted by atomic mass is 9.64. The van der Waals surface area contributed by atoms with Crippen molar-refractivity contribution in [1.82, 2.24) is 0 Å². The van der Waals surface area contributed by atoms with Crippen LogP contribution in [0.4, 0.5) is 0 Å². The third-order valence-corrected chi connectivity index (χ3v) is 6.66. The average Bonchev–Trinajstić information content (AvgIpc) is 2.69. The zero-order valence-electron chi connectivity index (χ0n) is 11.6. The molecule has 3 saturated carbocycles. The zero-order chi connectivity index (χ0) is 13.3. The Morgan fingerprint density at radius 2 is 1.78 bits per heavy atom. The van der Waals surface area contributed by atoms with E-state index in [4.69, 9.17) is 0 Å². The molecule has 0 aromatic carbocycles. The lowest BCUT2D eigenvalue weighted by Gasteiger charge is -2.44. The van der Waals surface area contributed by atoms with Gasteiger partial charge in [0.05, 0.1) is 11.5 Å². The maximum atomic E-state index is 11.5. The highest BCUT2D eigenvalue weighted by atomic mass is 16.4. The van der Waals surface area contributed by atoms with Crippen molar-refractivity contribution in [2.45, 2.75) is 58.5 Å². The van der Waals surface area contributed by atoms with E-state index < -0.39 is 11.6 Å². The molecule has 2 N–H and O–H groups in total. The molecule has 3 nitrogen and oxygen atoms in total. The van der Waals surface area contributed by atoms with Gasteiger partial charge in [-0.25, -0.2) is 0 Å². The first-order valence-corrected chi connectivity index (χ1v) is 7.17. The molecule has 18 heavy (non-hydrogen) atoms. The van der Waals surface area contributed by atoms with Gasteiger partial charge in [-0.2, -0.15) is 0 Å². The Bertz CT molecular complexity index is 399. The number of carboxylic acid groups (broad SMARTS) is 1. The van der Waals surface area contributed by atoms with Gasteiger partial charge in [0, 0.05) is 0 Å². The molecule has 0 aliphatic heterocycles. The quantitative estimate of drug-likeness (QED) is 0.754. The number of hydrogen-bond acceptors (Lipinski definition) is 2. The van der Waals surface area contributed by atoms with E-state index in [1.54, 1.807) is 0 Å². The standard InChI is InChI=1S/C15H24O3/c1-13(2)10-5-4-9(12(16)17)15(10)7-6-14(3,18)11(13)8-15/h9-11,18H,4-8H2,1-3H3,(H,16,17)/t9-,10-,11+,14+,15?/m0/s1. The van der Waals surface area contributed by atoms with E-state index in [1.807, 2.05) is 6.92 Å². The first-order chi connectivity index (χ1) is 8.22. The van der Waals surface area contributed by atoms with E-state index >= 15 is 0 Å². The zero-order valence-corrected chi connectivity index (χ0v) is 11.6. The van der Waals surface area contributed by atoms with E-state index in [0.29, 0.717) is 5.92 Å². The Labute approximate surface area is 109 Å². The van der Waals surface area contributed by atoms with E-state index in [2.05, 4.69) is 13.8 Å². The van der Waals surface area contributed by atoms with Crippen molar-refractivity contribution in [3.8, 4) is 0 Å². The highest BCUT2D eigenvalue weighted by molar-refractivity contribution is 5.72. The van der Waals surface area contributed by atoms with Crippen molar-refractivity contribution < 1.29 is 15.0 Å². The van der Waals surface area contributed by atoms with Crippen molar-refractivity contribution in [2.24, 2.45) is 28.6 Å². The van der Waals surface area contributed by atoms with Crippen LogP contribution in [-0.2, 0) is 4.79 Å². The first-order valence-electron chi connectivity index (χ1n) is 7.17. The lowest BCUT2D eigenvalue weighted by molar-refractivity contribution is -0.148. The number of fused-ring (bicyclic) bond motifs is 1. The monoisotopic (exact) mass is 252 g/mol. The molecule has 3 aliphatic carbocycles. The average molecular weight is 252 g/mol. The molecule has 5 atom stereocenters. The Kier molecular flexibility index (Phi) is 2.28. The summed E-state index contributed by atoms with van der Waals surface area (Å²) in [5.74, 6) is -0.0608. The van der Waals surface area contributed by atoms with Crippen LogP contribution in [0.1, 0.15) is 52.9 Å². The van der Waals surface area contributed by atoms with Crippen molar-refractivity contribution in [2.75, 3.05) is 0 Å². The molecule has 3 fully saturated rings. The largest absolute Gasteiger partial charge is 0.481 e. The third kappa shape index (κ3) is 1.26. The number of aliphatic hydroxyl groups is 1. The highest BCUT2D eigenvalue weighted by Crippen LogP contribution is 2.73. The fourth-order valence-electron chi connectivity index (χ4n) is 5.94. The summed E-state index contributed by atoms with van der Waals surface area (Å²) in [6.45, 7) is 6.44. The van der Waals surface area contributed by atoms with Gasteiger partial charge in [0.15, 0.2) is 0 Å². The molecule has 102 valence electrons. The molecule has 3 aliphatic rings. The summed E-state index contributed by atoms with van der Waals surface area (Å²) in [6, 6.07) is 0. The van der Waals surface area contributed by atoms with Crippen molar-refractivity contribution in [3.05, 3.63) is 0 Å². The highest BCUT2D eigenvalue weighted by Gasteiger charge is 2.69. The molecule has 0 saturated heterocycles. The summed E-state index contributed by atoms with van der Waals surface area (Å²) < 4.78 is 0. The van der Waals surface area contributed by atoms with Gasteiger partial charge in [-0.15, -0.1) is 0 Å². The topological polar surface area (TPSA) is 57.5 Å². The number of hydrogen-bond donors (Lipinski definition) is 2. The van der Waals surface area contributed by atoms with Gasteiger partial charge in [-0.05, 0) is 61.7 Å². The SMILES string of the molecule is CC1(C)[C@H]2CC3(CC[C@@]2(C)O)[C@H](C(=O)O)CC[C@@H]13. The maximum Gasteiger partial charge on any atom is 0.307 e. The molecular formula is C15H24O3. The minimum Gasteiger partial charge on any atom is -0.481 e. The molecule has 1 spiro atoms. The second kappa shape index (κ2) is 3.30. The van der Waals surface area contributed by atoms with Crippen LogP contribution in [0.15, 0.2) is 0 Å². The lowest BCUT2D eigenvalue weighted by Crippen LogP contribution is -2.45. The molecule has 3 rings (SSSR count). The summed E-state index contributed by atoms with van der Waals surface area (Å²) in [6.07, 6.45) is 4.42. The second-order valence-corrected chi connectivity index (χ2v) is 7.69. The van der Waals surface area contributed by atoms with Gasteiger partial charge in [-0.1, -0.05) is 13.8 Å². The summed E-state index contributed by atoms with van der Waals surface area (Å²) in [7, 11) is 0. The molecule has 0 amide bonds. The van der Waals surface area contributed by atoms with Gasteiger partial charge in [-0.3, -0.25) is 4.79 Å². The van der Waals surface area contributed by atoms with E-state index in [1.165, 1.54) is 0 Å². The first kappa shape index (κ1) is 12.5. The van der Waals surface area contributed by atoms with Crippen LogP contribution >= 0.6 is 0 Å². The second-order valence-electron chi connectivity index (χ2n) is 7.69. The molecule has 0 aromatic rings. The third-order valence-electron chi connectivity index (χ3n) is 6.66. The van der Waals surface area contributed by atoms with Crippen LogP contribution in [0.2, 0.25) is 0 Å². The van der Waals surface area contributed by atoms with Crippen LogP contribution in [0, 0.1) is 28.6 Å². The van der Waals surface area contributed by atoms with Crippen LogP contribution in [0.5, 0.6) is 0 Å². The summed E-state index contributed by atoms with van der Waals surface area (Å²) in [5, 5.41) is 20.1. The summed E-state index contributed by atoms with van der Waals surface area (Å²) in [4.78, 5) is 11.5. The van der Waals surface area contributed by atoms with Crippen molar-refractivity contribution in [1.29, 1.82) is 0 Å². The van der Waals surface area contributed by atoms with Gasteiger partial charge in [0.2, 0.25) is 0 Å². The van der Waals surface area contributed by atoms with Crippen LogP contribution in [-0.4, -0.2) is 21.8 Å². The van der Waals surface area contributed by atoms with Crippen LogP contribution < -0.4 is 0 Å². The summed E-state index contributed by atoms with van der Waals surface area (Å²) in [5.41, 5.74) is -0.561. The minimum absolute atomic E-state index is 0.0256. The Morgan fingerprint density at radius 1 is 1.11 bits per heavy atom. The van der Waals surface area contributed by atoms with Gasteiger partial charge >= 0.3 is 5.97 Å². The van der Waals surface area contributed by atoms with Crippen molar-refractivity contribution >= 4 is 5.97 Å². The fourth-order valence-corrected chi connectivity index (χ4v) is 5.94. The smallest absolute Gasteiger partial charge is 0.307 e. The Morgan fingerprint density at radius 3 is 2.39 bits per heavy atom. The van der Waals surface area contributed by atoms with E-state index in [9.17, 15) is 15.0 Å². The van der Waals surface area contributed by atoms with Crippen LogP contribution in [0.3, 0.4) is 0 Å². The number of carboxylic acids is 1. The van der Waals surface area contributed by atoms with E-state index in [-0.39, 0.29) is 22.7 Å². The normalized spacial score (nSPS) is 53.2. The molecule has 1 unspecified atom stereocenters. The van der Waals surface area contributed by atoms with E-state index in [0.717, 1.165) is 32.1 Å². The predicted octanol–water partition coefficient (Wildman–Crippen LogP) is 2.67. The van der Waals surface area contributed by atoms with Gasteiger partial charge in [0.1, 0.15) is 0 Å². The molecule has 0 heterocycles. The Hall–Kier alpha value is -0.570. The molecular weight excluding hydrogens is 228 g/mol. The number of aliphatic carboxylic acids is 1. The molecule has 0 radical (unpaired) electrons. The Balaban J connectivity index is 2.06. The predicted molar refractivity (Wildman–Crippen MR) is 68.0 cm³/mol. The molecule has 0 aromatic heterocycles. The maximum absolute atomic E-state index is 11.5.